The standard InChI is InChI=1S/C8H6BrFO/c1-5(11)8-6(9)3-2-4-7(8)10/h2-4H,1H3. The third-order valence-electron chi connectivity index (χ3n) is 1.31. The fourth-order valence-corrected chi connectivity index (χ4v) is 1.46. The predicted octanol–water partition coefficient (Wildman–Crippen LogP) is 2.79. The zero-order valence-corrected chi connectivity index (χ0v) is 7.48. The van der Waals surface area contributed by atoms with Gasteiger partial charge in [-0.3, -0.25) is 4.79 Å². The van der Waals surface area contributed by atoms with Gasteiger partial charge < -0.3 is 0 Å². The van der Waals surface area contributed by atoms with Gasteiger partial charge in [-0.15, -0.1) is 0 Å². The van der Waals surface area contributed by atoms with Crippen LogP contribution in [-0.2, 0) is 0 Å². The first kappa shape index (κ1) is 8.40. The second-order valence-corrected chi connectivity index (χ2v) is 3.01. The number of Topliss-reactive ketones (excluding diaryl/α,β-unsaturated/α-hetero) is 1. The average molecular weight is 217 g/mol. The van der Waals surface area contributed by atoms with Gasteiger partial charge >= 0.3 is 0 Å². The van der Waals surface area contributed by atoms with Crippen LogP contribution in [0.3, 0.4) is 0 Å². The number of benzene rings is 1. The highest BCUT2D eigenvalue weighted by Gasteiger charge is 2.09. The Kier molecular flexibility index (Phi) is 2.39. The molecule has 0 atom stereocenters. The molecule has 0 heterocycles. The molecular formula is C8H6BrFO. The summed E-state index contributed by atoms with van der Waals surface area (Å²) >= 11 is 3.09. The molecule has 1 aromatic carbocycles. The van der Waals surface area contributed by atoms with Crippen LogP contribution in [0.1, 0.15) is 17.3 Å². The fraction of sp³-hybridized carbons (Fsp3) is 0.125. The summed E-state index contributed by atoms with van der Waals surface area (Å²) in [6, 6.07) is 4.45. The summed E-state index contributed by atoms with van der Waals surface area (Å²) in [4.78, 5) is 10.8. The number of hydrogen-bond acceptors (Lipinski definition) is 1. The van der Waals surface area contributed by atoms with Crippen LogP contribution in [0.2, 0.25) is 0 Å². The van der Waals surface area contributed by atoms with Crippen molar-refractivity contribution in [2.24, 2.45) is 0 Å². The van der Waals surface area contributed by atoms with E-state index in [-0.39, 0.29) is 11.3 Å². The smallest absolute Gasteiger partial charge is 0.163 e. The van der Waals surface area contributed by atoms with Crippen molar-refractivity contribution in [2.45, 2.75) is 6.92 Å². The van der Waals surface area contributed by atoms with E-state index in [4.69, 9.17) is 0 Å². The molecular weight excluding hydrogens is 211 g/mol. The lowest BCUT2D eigenvalue weighted by Gasteiger charge is -1.99. The summed E-state index contributed by atoms with van der Waals surface area (Å²) in [6.45, 7) is 1.34. The van der Waals surface area contributed by atoms with E-state index >= 15 is 0 Å². The normalized spacial score (nSPS) is 9.73. The molecule has 1 aromatic rings. The number of hydrogen-bond donors (Lipinski definition) is 0. The maximum atomic E-state index is 12.9. The van der Waals surface area contributed by atoms with Gasteiger partial charge in [-0.2, -0.15) is 0 Å². The summed E-state index contributed by atoms with van der Waals surface area (Å²) in [5, 5.41) is 0. The minimum Gasteiger partial charge on any atom is -0.294 e. The molecule has 3 heteroatoms. The van der Waals surface area contributed by atoms with Crippen LogP contribution in [0.15, 0.2) is 22.7 Å². The molecule has 0 saturated heterocycles. The van der Waals surface area contributed by atoms with E-state index in [0.29, 0.717) is 4.47 Å². The lowest BCUT2D eigenvalue weighted by atomic mass is 10.1. The molecule has 58 valence electrons. The average Bonchev–Trinajstić information content (AvgIpc) is 1.85. The van der Waals surface area contributed by atoms with Crippen LogP contribution in [0.5, 0.6) is 0 Å². The SMILES string of the molecule is CC(=O)c1c(F)cccc1Br. The van der Waals surface area contributed by atoms with Gasteiger partial charge in [0.1, 0.15) is 5.82 Å². The molecule has 0 spiro atoms. The number of carbonyl (C=O) groups is 1. The molecule has 0 unspecified atom stereocenters. The second-order valence-electron chi connectivity index (χ2n) is 2.15. The van der Waals surface area contributed by atoms with E-state index in [1.165, 1.54) is 13.0 Å². The summed E-state index contributed by atoms with van der Waals surface area (Å²) in [6.07, 6.45) is 0. The molecule has 0 N–H and O–H groups in total. The highest BCUT2D eigenvalue weighted by molar-refractivity contribution is 9.10. The van der Waals surface area contributed by atoms with E-state index < -0.39 is 5.82 Å². The summed E-state index contributed by atoms with van der Waals surface area (Å²) in [5.74, 6) is -0.748. The van der Waals surface area contributed by atoms with Crippen LogP contribution < -0.4 is 0 Å². The molecule has 11 heavy (non-hydrogen) atoms. The van der Waals surface area contributed by atoms with Gasteiger partial charge in [0.25, 0.3) is 0 Å². The second kappa shape index (κ2) is 3.13. The third-order valence-corrected chi connectivity index (χ3v) is 1.98. The quantitative estimate of drug-likeness (QED) is 0.661. The topological polar surface area (TPSA) is 17.1 Å². The van der Waals surface area contributed by atoms with Crippen LogP contribution in [-0.4, -0.2) is 5.78 Å². The summed E-state index contributed by atoms with van der Waals surface area (Å²) < 4.78 is 13.4. The molecule has 0 amide bonds. The summed E-state index contributed by atoms with van der Waals surface area (Å²) in [7, 11) is 0. The lowest BCUT2D eigenvalue weighted by molar-refractivity contribution is 0.101. The van der Waals surface area contributed by atoms with Crippen LogP contribution in [0.25, 0.3) is 0 Å². The van der Waals surface area contributed by atoms with E-state index in [0.717, 1.165) is 0 Å². The minimum absolute atomic E-state index is 0.118. The van der Waals surface area contributed by atoms with Gasteiger partial charge in [0.2, 0.25) is 0 Å². The van der Waals surface area contributed by atoms with Crippen LogP contribution in [0, 0.1) is 5.82 Å². The molecule has 0 aliphatic rings. The number of carbonyl (C=O) groups excluding carboxylic acids is 1. The molecule has 0 aliphatic carbocycles. The van der Waals surface area contributed by atoms with Crippen molar-refractivity contribution < 1.29 is 9.18 Å². The Morgan fingerprint density at radius 2 is 2.18 bits per heavy atom. The zero-order valence-electron chi connectivity index (χ0n) is 5.90. The van der Waals surface area contributed by atoms with E-state index in [2.05, 4.69) is 15.9 Å². The summed E-state index contributed by atoms with van der Waals surface area (Å²) in [5.41, 5.74) is 0.118. The maximum Gasteiger partial charge on any atom is 0.163 e. The first-order chi connectivity index (χ1) is 5.13. The Bertz CT molecular complexity index is 276. The van der Waals surface area contributed by atoms with E-state index in [1.807, 2.05) is 0 Å². The Morgan fingerprint density at radius 3 is 2.55 bits per heavy atom. The van der Waals surface area contributed by atoms with Gasteiger partial charge in [-0.25, -0.2) is 4.39 Å². The van der Waals surface area contributed by atoms with Gasteiger partial charge in [-0.05, 0) is 35.0 Å². The largest absolute Gasteiger partial charge is 0.294 e. The number of halogens is 2. The monoisotopic (exact) mass is 216 g/mol. The first-order valence-electron chi connectivity index (χ1n) is 3.08. The molecule has 0 saturated carbocycles. The van der Waals surface area contributed by atoms with Crippen molar-refractivity contribution in [2.75, 3.05) is 0 Å². The van der Waals surface area contributed by atoms with Gasteiger partial charge in [0.15, 0.2) is 5.78 Å². The lowest BCUT2D eigenvalue weighted by Crippen LogP contribution is -1.97. The van der Waals surface area contributed by atoms with Crippen molar-refractivity contribution in [1.29, 1.82) is 0 Å². The van der Waals surface area contributed by atoms with Gasteiger partial charge in [-0.1, -0.05) is 6.07 Å². The maximum absolute atomic E-state index is 12.9. The third kappa shape index (κ3) is 1.66. The molecule has 0 bridgehead atoms. The minimum atomic E-state index is -0.480. The van der Waals surface area contributed by atoms with E-state index in [9.17, 15) is 9.18 Å². The fourth-order valence-electron chi connectivity index (χ4n) is 0.834. The number of ketones is 1. The zero-order chi connectivity index (χ0) is 8.43. The molecule has 1 nitrogen and oxygen atoms in total. The Hall–Kier alpha value is -0.700. The van der Waals surface area contributed by atoms with Gasteiger partial charge in [0.05, 0.1) is 5.56 Å². The highest BCUT2D eigenvalue weighted by atomic mass is 79.9. The molecule has 1 rings (SSSR count). The molecule has 0 aliphatic heterocycles. The van der Waals surface area contributed by atoms with E-state index in [1.54, 1.807) is 12.1 Å². The van der Waals surface area contributed by atoms with Crippen molar-refractivity contribution >= 4 is 21.7 Å². The van der Waals surface area contributed by atoms with Crippen molar-refractivity contribution in [1.82, 2.24) is 0 Å². The Morgan fingerprint density at radius 1 is 1.55 bits per heavy atom. The Balaban J connectivity index is 3.32. The first-order valence-corrected chi connectivity index (χ1v) is 3.87. The van der Waals surface area contributed by atoms with Crippen molar-refractivity contribution in [3.8, 4) is 0 Å². The molecule has 0 aromatic heterocycles. The highest BCUT2D eigenvalue weighted by Crippen LogP contribution is 2.19. The predicted molar refractivity (Wildman–Crippen MR) is 44.1 cm³/mol. The Labute approximate surface area is 72.4 Å². The van der Waals surface area contributed by atoms with Crippen LogP contribution in [0.4, 0.5) is 4.39 Å². The molecule has 0 fully saturated rings. The van der Waals surface area contributed by atoms with Crippen molar-refractivity contribution in [3.05, 3.63) is 34.1 Å². The number of rotatable bonds is 1. The molecule has 0 radical (unpaired) electrons. The van der Waals surface area contributed by atoms with Gasteiger partial charge in [0, 0.05) is 4.47 Å². The van der Waals surface area contributed by atoms with Crippen LogP contribution >= 0.6 is 15.9 Å². The van der Waals surface area contributed by atoms with Crippen molar-refractivity contribution in [3.63, 3.8) is 0 Å².